The first-order chi connectivity index (χ1) is 5.77. The molecule has 0 aromatic heterocycles. The third-order valence-corrected chi connectivity index (χ3v) is 1.72. The standard InChI is InChI=1S/C7H13N3O2/c8-5-6-1-2-7(12)10(9-6)3-4-11/h11H,1-5,8H2. The molecule has 1 aliphatic rings. The number of hydrazone groups is 1. The van der Waals surface area contributed by atoms with Crippen molar-refractivity contribution in [1.82, 2.24) is 5.01 Å². The van der Waals surface area contributed by atoms with E-state index in [1.807, 2.05) is 0 Å². The number of rotatable bonds is 3. The van der Waals surface area contributed by atoms with E-state index in [9.17, 15) is 4.79 Å². The van der Waals surface area contributed by atoms with Crippen LogP contribution in [0.15, 0.2) is 5.10 Å². The van der Waals surface area contributed by atoms with Gasteiger partial charge in [-0.25, -0.2) is 5.01 Å². The van der Waals surface area contributed by atoms with E-state index in [0.717, 1.165) is 5.71 Å². The lowest BCUT2D eigenvalue weighted by atomic mass is 10.2. The zero-order valence-electron chi connectivity index (χ0n) is 6.86. The minimum Gasteiger partial charge on any atom is -0.394 e. The number of carbonyl (C=O) groups excluding carboxylic acids is 1. The van der Waals surface area contributed by atoms with Gasteiger partial charge in [-0.2, -0.15) is 5.10 Å². The van der Waals surface area contributed by atoms with Crippen LogP contribution < -0.4 is 5.73 Å². The van der Waals surface area contributed by atoms with Gasteiger partial charge < -0.3 is 10.8 Å². The third kappa shape index (κ3) is 2.02. The zero-order valence-corrected chi connectivity index (χ0v) is 6.86. The Morgan fingerprint density at radius 1 is 1.58 bits per heavy atom. The molecule has 1 amide bonds. The Kier molecular flexibility index (Phi) is 3.19. The fourth-order valence-electron chi connectivity index (χ4n) is 1.07. The molecule has 0 bridgehead atoms. The van der Waals surface area contributed by atoms with Crippen molar-refractivity contribution < 1.29 is 9.90 Å². The number of nitrogens with zero attached hydrogens (tertiary/aromatic N) is 2. The smallest absolute Gasteiger partial charge is 0.243 e. The average Bonchev–Trinajstić information content (AvgIpc) is 2.09. The molecule has 3 N–H and O–H groups in total. The van der Waals surface area contributed by atoms with E-state index >= 15 is 0 Å². The maximum absolute atomic E-state index is 11.1. The fraction of sp³-hybridized carbons (Fsp3) is 0.714. The fourth-order valence-corrected chi connectivity index (χ4v) is 1.07. The summed E-state index contributed by atoms with van der Waals surface area (Å²) in [4.78, 5) is 11.1. The van der Waals surface area contributed by atoms with Crippen molar-refractivity contribution in [2.45, 2.75) is 12.8 Å². The van der Waals surface area contributed by atoms with Crippen LogP contribution >= 0.6 is 0 Å². The molecule has 0 unspecified atom stereocenters. The van der Waals surface area contributed by atoms with E-state index in [0.29, 0.717) is 19.4 Å². The van der Waals surface area contributed by atoms with Crippen LogP contribution in [0.1, 0.15) is 12.8 Å². The van der Waals surface area contributed by atoms with Gasteiger partial charge in [-0.05, 0) is 6.42 Å². The largest absolute Gasteiger partial charge is 0.394 e. The molecule has 5 nitrogen and oxygen atoms in total. The molecule has 0 radical (unpaired) electrons. The first kappa shape index (κ1) is 9.15. The van der Waals surface area contributed by atoms with Gasteiger partial charge in [0.05, 0.1) is 18.9 Å². The van der Waals surface area contributed by atoms with Gasteiger partial charge in [0.25, 0.3) is 0 Å². The third-order valence-electron chi connectivity index (χ3n) is 1.72. The average molecular weight is 171 g/mol. The molecule has 5 heteroatoms. The van der Waals surface area contributed by atoms with Crippen LogP contribution in [0.2, 0.25) is 0 Å². The van der Waals surface area contributed by atoms with E-state index in [4.69, 9.17) is 10.8 Å². The second-order valence-corrected chi connectivity index (χ2v) is 2.61. The molecular weight excluding hydrogens is 158 g/mol. The molecule has 0 spiro atoms. The molecule has 1 aliphatic heterocycles. The summed E-state index contributed by atoms with van der Waals surface area (Å²) < 4.78 is 0. The summed E-state index contributed by atoms with van der Waals surface area (Å²) in [6.07, 6.45) is 1.10. The van der Waals surface area contributed by atoms with Crippen molar-refractivity contribution >= 4 is 11.6 Å². The van der Waals surface area contributed by atoms with Crippen LogP contribution in [0.25, 0.3) is 0 Å². The Morgan fingerprint density at radius 2 is 2.33 bits per heavy atom. The Bertz CT molecular complexity index is 203. The molecule has 0 aromatic rings. The topological polar surface area (TPSA) is 78.9 Å². The van der Waals surface area contributed by atoms with Crippen molar-refractivity contribution in [2.24, 2.45) is 10.8 Å². The van der Waals surface area contributed by atoms with Crippen molar-refractivity contribution in [3.8, 4) is 0 Å². The number of hydrogen-bond donors (Lipinski definition) is 2. The quantitative estimate of drug-likeness (QED) is 0.566. The van der Waals surface area contributed by atoms with Gasteiger partial charge in [0.1, 0.15) is 0 Å². The predicted molar refractivity (Wildman–Crippen MR) is 44.5 cm³/mol. The summed E-state index contributed by atoms with van der Waals surface area (Å²) in [6.45, 7) is 0.588. The first-order valence-electron chi connectivity index (χ1n) is 3.95. The summed E-state index contributed by atoms with van der Waals surface area (Å²) in [5.74, 6) is -0.0405. The highest BCUT2D eigenvalue weighted by Gasteiger charge is 2.18. The lowest BCUT2D eigenvalue weighted by Crippen LogP contribution is -2.35. The summed E-state index contributed by atoms with van der Waals surface area (Å²) >= 11 is 0. The van der Waals surface area contributed by atoms with Gasteiger partial charge in [-0.1, -0.05) is 0 Å². The van der Waals surface area contributed by atoms with E-state index in [2.05, 4.69) is 5.10 Å². The molecule has 0 aliphatic carbocycles. The number of hydrogen-bond acceptors (Lipinski definition) is 4. The highest BCUT2D eigenvalue weighted by atomic mass is 16.3. The number of β-amino-alcohol motifs (C(OH)–C–C–N with tert-alkyl or cyclic N) is 1. The zero-order chi connectivity index (χ0) is 8.97. The highest BCUT2D eigenvalue weighted by Crippen LogP contribution is 2.07. The lowest BCUT2D eigenvalue weighted by molar-refractivity contribution is -0.132. The van der Waals surface area contributed by atoms with Gasteiger partial charge >= 0.3 is 0 Å². The first-order valence-corrected chi connectivity index (χ1v) is 3.95. The lowest BCUT2D eigenvalue weighted by Gasteiger charge is -2.21. The maximum atomic E-state index is 11.1. The minimum absolute atomic E-state index is 0.0405. The summed E-state index contributed by atoms with van der Waals surface area (Å²) in [7, 11) is 0. The molecule has 0 fully saturated rings. The van der Waals surface area contributed by atoms with Crippen LogP contribution in [0.5, 0.6) is 0 Å². The van der Waals surface area contributed by atoms with Gasteiger partial charge in [0.2, 0.25) is 5.91 Å². The SMILES string of the molecule is NCC1=NN(CCO)C(=O)CC1. The molecule has 0 aromatic carbocycles. The van der Waals surface area contributed by atoms with Crippen molar-refractivity contribution in [1.29, 1.82) is 0 Å². The number of aliphatic hydroxyl groups is 1. The highest BCUT2D eigenvalue weighted by molar-refractivity contribution is 5.93. The molecule has 1 rings (SSSR count). The molecule has 68 valence electrons. The Hall–Kier alpha value is -0.940. The summed E-state index contributed by atoms with van der Waals surface area (Å²) in [5, 5.41) is 13.9. The molecule has 0 atom stereocenters. The van der Waals surface area contributed by atoms with Crippen molar-refractivity contribution in [3.63, 3.8) is 0 Å². The predicted octanol–water partition coefficient (Wildman–Crippen LogP) is -1.08. The van der Waals surface area contributed by atoms with Crippen LogP contribution in [-0.2, 0) is 4.79 Å². The second kappa shape index (κ2) is 4.18. The van der Waals surface area contributed by atoms with E-state index in [1.165, 1.54) is 5.01 Å². The van der Waals surface area contributed by atoms with Crippen molar-refractivity contribution in [3.05, 3.63) is 0 Å². The van der Waals surface area contributed by atoms with Crippen LogP contribution in [0.3, 0.4) is 0 Å². The van der Waals surface area contributed by atoms with E-state index in [1.54, 1.807) is 0 Å². The van der Waals surface area contributed by atoms with Crippen LogP contribution in [0, 0.1) is 0 Å². The van der Waals surface area contributed by atoms with E-state index < -0.39 is 0 Å². The maximum Gasteiger partial charge on any atom is 0.243 e. The normalized spacial score (nSPS) is 18.0. The Morgan fingerprint density at radius 3 is 2.92 bits per heavy atom. The monoisotopic (exact) mass is 171 g/mol. The van der Waals surface area contributed by atoms with Gasteiger partial charge in [-0.15, -0.1) is 0 Å². The summed E-state index contributed by atoms with van der Waals surface area (Å²) in [6, 6.07) is 0. The molecule has 1 heterocycles. The molecule has 0 saturated carbocycles. The number of amides is 1. The van der Waals surface area contributed by atoms with Crippen LogP contribution in [-0.4, -0.2) is 41.4 Å². The number of aliphatic hydroxyl groups excluding tert-OH is 1. The van der Waals surface area contributed by atoms with Gasteiger partial charge in [0.15, 0.2) is 0 Å². The van der Waals surface area contributed by atoms with Crippen molar-refractivity contribution in [2.75, 3.05) is 19.7 Å². The number of carbonyl (C=O) groups is 1. The van der Waals surface area contributed by atoms with Gasteiger partial charge in [-0.3, -0.25) is 4.79 Å². The molecule has 12 heavy (non-hydrogen) atoms. The Balaban J connectivity index is 2.61. The molecule has 0 saturated heterocycles. The second-order valence-electron chi connectivity index (χ2n) is 2.61. The Labute approximate surface area is 70.8 Å². The van der Waals surface area contributed by atoms with E-state index in [-0.39, 0.29) is 19.1 Å². The summed E-state index contributed by atoms with van der Waals surface area (Å²) in [5.41, 5.74) is 6.20. The number of nitrogens with two attached hydrogens (primary N) is 1. The molecular formula is C7H13N3O2. The van der Waals surface area contributed by atoms with Crippen LogP contribution in [0.4, 0.5) is 0 Å². The van der Waals surface area contributed by atoms with Gasteiger partial charge in [0, 0.05) is 13.0 Å². The minimum atomic E-state index is -0.0624.